The molecule has 0 bridgehead atoms. The van der Waals surface area contributed by atoms with Gasteiger partial charge in [0.15, 0.2) is 0 Å². The molecule has 1 aromatic carbocycles. The molecule has 0 aliphatic carbocycles. The molecule has 0 aliphatic rings. The minimum absolute atomic E-state index is 0. The summed E-state index contributed by atoms with van der Waals surface area (Å²) in [5, 5.41) is 21.0. The van der Waals surface area contributed by atoms with Gasteiger partial charge in [-0.25, -0.2) is 4.98 Å². The van der Waals surface area contributed by atoms with Gasteiger partial charge in [0, 0.05) is 25.0 Å². The van der Waals surface area contributed by atoms with E-state index in [2.05, 4.69) is 21.9 Å². The molecule has 0 amide bonds. The van der Waals surface area contributed by atoms with Gasteiger partial charge in [-0.05, 0) is 5.56 Å². The van der Waals surface area contributed by atoms with Crippen LogP contribution in [-0.4, -0.2) is 28.7 Å². The van der Waals surface area contributed by atoms with Crippen LogP contribution >= 0.6 is 0 Å². The van der Waals surface area contributed by atoms with E-state index in [1.54, 1.807) is 24.4 Å². The topological polar surface area (TPSA) is 104 Å². The predicted octanol–water partition coefficient (Wildman–Crippen LogP) is -0.101. The third-order valence-corrected chi connectivity index (χ3v) is 2.26. The maximum absolute atomic E-state index is 11.0. The van der Waals surface area contributed by atoms with Gasteiger partial charge in [-0.1, -0.05) is 31.2 Å². The molecule has 1 heterocycles. The van der Waals surface area contributed by atoms with E-state index in [1.807, 2.05) is 6.20 Å². The summed E-state index contributed by atoms with van der Waals surface area (Å²) in [5.74, 6) is -0.385. The third kappa shape index (κ3) is 7.91. The summed E-state index contributed by atoms with van der Waals surface area (Å²) in [6, 6.07) is 6.25. The Kier molecular flexibility index (Phi) is 9.58. The van der Waals surface area contributed by atoms with Crippen LogP contribution in [-0.2, 0) is 28.3 Å². The van der Waals surface area contributed by atoms with Gasteiger partial charge in [0.05, 0.1) is 12.5 Å². The zero-order chi connectivity index (χ0) is 14.8. The number of H-pyrrole nitrogens is 1. The van der Waals surface area contributed by atoms with Crippen molar-refractivity contribution in [2.45, 2.75) is 13.3 Å². The number of carboxylic acids is 1. The summed E-state index contributed by atoms with van der Waals surface area (Å²) in [7, 11) is 0. The van der Waals surface area contributed by atoms with Crippen molar-refractivity contribution in [1.82, 2.24) is 9.97 Å². The molecule has 2 rings (SSSR count). The molecular formula is C14H15CuN3O3. The number of imidazole rings is 1. The van der Waals surface area contributed by atoms with E-state index in [9.17, 15) is 15.0 Å². The Morgan fingerprint density at radius 1 is 1.43 bits per heavy atom. The average molecular weight is 337 g/mol. The number of aliphatic imine (C=N–C) groups is 1. The molecule has 0 atom stereocenters. The number of carboxylic acid groups (broad SMARTS) is 1. The number of hydrogen-bond donors (Lipinski definition) is 1. The van der Waals surface area contributed by atoms with Crippen LogP contribution in [0.3, 0.4) is 0 Å². The Labute approximate surface area is 133 Å². The monoisotopic (exact) mass is 336 g/mol. The SMILES string of the molecule is CCc1ncc[nH]1.O=C([O-])CN=Cc1ccccc1[O-].[Cu+2]. The molecule has 0 saturated carbocycles. The van der Waals surface area contributed by atoms with Gasteiger partial charge in [-0.15, -0.1) is 5.75 Å². The molecule has 0 fully saturated rings. The van der Waals surface area contributed by atoms with Crippen LogP contribution < -0.4 is 10.2 Å². The predicted molar refractivity (Wildman–Crippen MR) is 71.3 cm³/mol. The largest absolute Gasteiger partial charge is 2.00 e. The Balaban J connectivity index is 0.000000425. The summed E-state index contributed by atoms with van der Waals surface area (Å²) in [6.45, 7) is 1.65. The first kappa shape index (κ1) is 18.9. The molecule has 21 heavy (non-hydrogen) atoms. The van der Waals surface area contributed by atoms with Gasteiger partial charge in [-0.2, -0.15) is 0 Å². The molecule has 6 nitrogen and oxygen atoms in total. The zero-order valence-electron chi connectivity index (χ0n) is 11.4. The van der Waals surface area contributed by atoms with Crippen LogP contribution in [0.25, 0.3) is 0 Å². The molecule has 115 valence electrons. The number of aliphatic carboxylic acids is 1. The number of carbonyl (C=O) groups excluding carboxylic acids is 1. The van der Waals surface area contributed by atoms with Gasteiger partial charge in [0.25, 0.3) is 0 Å². The fourth-order valence-electron chi connectivity index (χ4n) is 1.30. The van der Waals surface area contributed by atoms with Crippen LogP contribution in [0.4, 0.5) is 0 Å². The van der Waals surface area contributed by atoms with Crippen molar-refractivity contribution in [1.29, 1.82) is 0 Å². The van der Waals surface area contributed by atoms with E-state index in [0.29, 0.717) is 5.56 Å². The van der Waals surface area contributed by atoms with Crippen LogP contribution in [0.2, 0.25) is 0 Å². The van der Waals surface area contributed by atoms with Gasteiger partial charge in [0.2, 0.25) is 0 Å². The van der Waals surface area contributed by atoms with E-state index in [4.69, 9.17) is 0 Å². The molecule has 1 radical (unpaired) electrons. The maximum Gasteiger partial charge on any atom is 2.00 e. The first-order valence-corrected chi connectivity index (χ1v) is 6.07. The fraction of sp³-hybridized carbons (Fsp3) is 0.214. The van der Waals surface area contributed by atoms with Crippen molar-refractivity contribution in [3.63, 3.8) is 0 Å². The second-order valence-corrected chi connectivity index (χ2v) is 3.77. The number of aromatic amines is 1. The van der Waals surface area contributed by atoms with Crippen LogP contribution in [0, 0.1) is 0 Å². The van der Waals surface area contributed by atoms with Crippen LogP contribution in [0.15, 0.2) is 41.7 Å². The molecular weight excluding hydrogens is 322 g/mol. The number of benzene rings is 1. The van der Waals surface area contributed by atoms with Gasteiger partial charge in [0.1, 0.15) is 5.82 Å². The quantitative estimate of drug-likeness (QED) is 0.621. The standard InChI is InChI=1S/C9H9NO3.C5H8N2.Cu/c11-8-4-2-1-3-7(8)5-10-6-9(12)13;1-2-5-6-3-4-7-5;/h1-5,11H,6H2,(H,12,13);3-4H,2H2,1H3,(H,6,7);/q;;+2/p-2. The molecule has 0 unspecified atom stereocenters. The first-order valence-electron chi connectivity index (χ1n) is 6.07. The van der Waals surface area contributed by atoms with Crippen molar-refractivity contribution in [3.8, 4) is 5.75 Å². The molecule has 0 aliphatic heterocycles. The van der Waals surface area contributed by atoms with E-state index in [0.717, 1.165) is 12.2 Å². The summed E-state index contributed by atoms with van der Waals surface area (Å²) < 4.78 is 0. The minimum Gasteiger partial charge on any atom is -0.872 e. The van der Waals surface area contributed by atoms with E-state index >= 15 is 0 Å². The molecule has 2 aromatic rings. The number of rotatable bonds is 4. The van der Waals surface area contributed by atoms with Gasteiger partial charge < -0.3 is 20.0 Å². The Bertz CT molecular complexity index is 556. The Morgan fingerprint density at radius 2 is 2.14 bits per heavy atom. The van der Waals surface area contributed by atoms with Crippen molar-refractivity contribution in [2.24, 2.45) is 4.99 Å². The Hall–Kier alpha value is -2.11. The number of nitrogens with one attached hydrogen (secondary N) is 1. The number of hydrogen-bond acceptors (Lipinski definition) is 5. The molecule has 0 saturated heterocycles. The van der Waals surface area contributed by atoms with E-state index in [1.165, 1.54) is 12.3 Å². The van der Waals surface area contributed by atoms with Crippen molar-refractivity contribution >= 4 is 12.2 Å². The third-order valence-electron chi connectivity index (χ3n) is 2.26. The normalized spacial score (nSPS) is 9.57. The minimum atomic E-state index is -1.26. The van der Waals surface area contributed by atoms with Crippen molar-refractivity contribution < 1.29 is 32.1 Å². The second-order valence-electron chi connectivity index (χ2n) is 3.77. The summed E-state index contributed by atoms with van der Waals surface area (Å²) >= 11 is 0. The number of carbonyl (C=O) groups is 1. The fourth-order valence-corrected chi connectivity index (χ4v) is 1.30. The van der Waals surface area contributed by atoms with Gasteiger partial charge in [-0.3, -0.25) is 4.99 Å². The maximum atomic E-state index is 11.0. The number of nitrogens with zero attached hydrogens (tertiary/aromatic N) is 2. The number of para-hydroxylation sites is 1. The summed E-state index contributed by atoms with van der Waals surface area (Å²) in [6.07, 6.45) is 5.82. The summed E-state index contributed by atoms with van der Waals surface area (Å²) in [4.78, 5) is 20.4. The van der Waals surface area contributed by atoms with Crippen molar-refractivity contribution in [3.05, 3.63) is 48.0 Å². The van der Waals surface area contributed by atoms with Crippen LogP contribution in [0.5, 0.6) is 5.75 Å². The molecule has 1 N–H and O–H groups in total. The molecule has 1 aromatic heterocycles. The van der Waals surface area contributed by atoms with E-state index < -0.39 is 12.5 Å². The zero-order valence-corrected chi connectivity index (χ0v) is 12.3. The smallest absolute Gasteiger partial charge is 0.872 e. The van der Waals surface area contributed by atoms with Crippen molar-refractivity contribution in [2.75, 3.05) is 6.54 Å². The van der Waals surface area contributed by atoms with Gasteiger partial charge >= 0.3 is 17.1 Å². The molecule has 0 spiro atoms. The van der Waals surface area contributed by atoms with E-state index in [-0.39, 0.29) is 22.8 Å². The molecule has 7 heteroatoms. The number of aryl methyl sites for hydroxylation is 1. The first-order chi connectivity index (χ1) is 9.63. The Morgan fingerprint density at radius 3 is 2.62 bits per heavy atom. The van der Waals surface area contributed by atoms with Crippen LogP contribution in [0.1, 0.15) is 18.3 Å². The average Bonchev–Trinajstić information content (AvgIpc) is 2.94. The summed E-state index contributed by atoms with van der Waals surface area (Å²) in [5.41, 5.74) is 0.378. The second kappa shape index (κ2) is 10.7. The number of aromatic nitrogens is 2.